The van der Waals surface area contributed by atoms with Crippen molar-refractivity contribution >= 4 is 17.1 Å². The highest BCUT2D eigenvalue weighted by Gasteiger charge is 2.28. The summed E-state index contributed by atoms with van der Waals surface area (Å²) in [6, 6.07) is 32.5. The zero-order valence-corrected chi connectivity index (χ0v) is 16.0. The van der Waals surface area contributed by atoms with Gasteiger partial charge in [-0.2, -0.15) is 5.26 Å². The minimum Gasteiger partial charge on any atom is -0.453 e. The lowest BCUT2D eigenvalue weighted by Gasteiger charge is -2.35. The van der Waals surface area contributed by atoms with Crippen LogP contribution in [0.25, 0.3) is 11.1 Å². The van der Waals surface area contributed by atoms with E-state index in [0.717, 1.165) is 45.3 Å². The van der Waals surface area contributed by atoms with E-state index in [9.17, 15) is 5.26 Å². The SMILES string of the molecule is Cc1cc(C#N)cc(-c2ccccc2)c1N1c2ccccc2Oc2ccccc21. The monoisotopic (exact) mass is 374 g/mol. The number of hydrogen-bond acceptors (Lipinski definition) is 3. The summed E-state index contributed by atoms with van der Waals surface area (Å²) < 4.78 is 6.17. The van der Waals surface area contributed by atoms with E-state index in [1.165, 1.54) is 0 Å². The molecule has 0 radical (unpaired) electrons. The number of rotatable bonds is 2. The van der Waals surface area contributed by atoms with E-state index in [2.05, 4.69) is 42.2 Å². The Morgan fingerprint density at radius 3 is 1.97 bits per heavy atom. The zero-order chi connectivity index (χ0) is 19.8. The van der Waals surface area contributed by atoms with Crippen LogP contribution in [0.4, 0.5) is 17.1 Å². The number of benzene rings is 4. The van der Waals surface area contributed by atoms with Crippen LogP contribution < -0.4 is 9.64 Å². The molecule has 1 aliphatic rings. The Morgan fingerprint density at radius 1 is 0.759 bits per heavy atom. The summed E-state index contributed by atoms with van der Waals surface area (Å²) in [5, 5.41) is 9.57. The molecule has 29 heavy (non-hydrogen) atoms. The number of para-hydroxylation sites is 4. The number of nitrogens with zero attached hydrogens (tertiary/aromatic N) is 2. The molecule has 0 N–H and O–H groups in total. The summed E-state index contributed by atoms with van der Waals surface area (Å²) >= 11 is 0. The summed E-state index contributed by atoms with van der Waals surface area (Å²) in [7, 11) is 0. The van der Waals surface area contributed by atoms with Crippen molar-refractivity contribution in [1.29, 1.82) is 5.26 Å². The highest BCUT2D eigenvalue weighted by atomic mass is 16.5. The second-order valence-electron chi connectivity index (χ2n) is 7.04. The van der Waals surface area contributed by atoms with Crippen molar-refractivity contribution in [2.75, 3.05) is 4.90 Å². The minimum absolute atomic E-state index is 0.653. The van der Waals surface area contributed by atoms with Gasteiger partial charge in [-0.1, -0.05) is 54.6 Å². The van der Waals surface area contributed by atoms with Gasteiger partial charge in [-0.3, -0.25) is 0 Å². The zero-order valence-electron chi connectivity index (χ0n) is 16.0. The standard InChI is InChI=1S/C26H18N2O/c1-18-15-19(17-27)16-21(20-9-3-2-4-10-20)26(18)28-22-11-5-7-13-24(22)29-25-14-8-6-12-23(25)28/h2-16H,1H3. The van der Waals surface area contributed by atoms with Gasteiger partial charge in [-0.05, 0) is 54.4 Å². The number of ether oxygens (including phenoxy) is 1. The molecule has 1 aliphatic heterocycles. The van der Waals surface area contributed by atoms with Gasteiger partial charge in [0.2, 0.25) is 0 Å². The highest BCUT2D eigenvalue weighted by molar-refractivity contribution is 5.94. The molecule has 0 saturated heterocycles. The van der Waals surface area contributed by atoms with Crippen LogP contribution in [0.5, 0.6) is 11.5 Å². The number of aryl methyl sites for hydroxylation is 1. The Kier molecular flexibility index (Phi) is 4.04. The Morgan fingerprint density at radius 2 is 1.34 bits per heavy atom. The second-order valence-corrected chi connectivity index (χ2v) is 7.04. The van der Waals surface area contributed by atoms with Crippen molar-refractivity contribution in [3.8, 4) is 28.7 Å². The average molecular weight is 374 g/mol. The average Bonchev–Trinajstić information content (AvgIpc) is 2.78. The third-order valence-electron chi connectivity index (χ3n) is 5.17. The van der Waals surface area contributed by atoms with Crippen molar-refractivity contribution in [2.24, 2.45) is 0 Å². The molecule has 4 aromatic rings. The summed E-state index contributed by atoms with van der Waals surface area (Å²) in [5.41, 5.74) is 6.80. The molecule has 3 nitrogen and oxygen atoms in total. The van der Waals surface area contributed by atoms with E-state index in [-0.39, 0.29) is 0 Å². The molecule has 0 aliphatic carbocycles. The van der Waals surface area contributed by atoms with E-state index >= 15 is 0 Å². The maximum Gasteiger partial charge on any atom is 0.151 e. The van der Waals surface area contributed by atoms with Gasteiger partial charge < -0.3 is 9.64 Å². The van der Waals surface area contributed by atoms with E-state index in [4.69, 9.17) is 4.74 Å². The molecule has 0 unspecified atom stereocenters. The van der Waals surface area contributed by atoms with Crippen LogP contribution >= 0.6 is 0 Å². The fraction of sp³-hybridized carbons (Fsp3) is 0.0385. The molecule has 0 amide bonds. The highest BCUT2D eigenvalue weighted by Crippen LogP contribution is 2.53. The number of anilines is 3. The minimum atomic E-state index is 0.653. The molecule has 0 fully saturated rings. The molecular weight excluding hydrogens is 356 g/mol. The summed E-state index contributed by atoms with van der Waals surface area (Å²) in [5.74, 6) is 1.63. The van der Waals surface area contributed by atoms with Gasteiger partial charge in [0, 0.05) is 5.56 Å². The first kappa shape index (κ1) is 17.1. The van der Waals surface area contributed by atoms with Crippen LogP contribution in [-0.4, -0.2) is 0 Å². The second kappa shape index (κ2) is 6.85. The summed E-state index contributed by atoms with van der Waals surface area (Å²) in [6.07, 6.45) is 0. The maximum atomic E-state index is 9.57. The van der Waals surface area contributed by atoms with Crippen molar-refractivity contribution < 1.29 is 4.74 Å². The Hall–Kier alpha value is -4.03. The molecule has 0 bridgehead atoms. The van der Waals surface area contributed by atoms with Crippen molar-refractivity contribution in [1.82, 2.24) is 0 Å². The Balaban J connectivity index is 1.85. The Bertz CT molecular complexity index is 1210. The quantitative estimate of drug-likeness (QED) is 0.330. The van der Waals surface area contributed by atoms with Crippen LogP contribution in [0.15, 0.2) is 91.0 Å². The van der Waals surface area contributed by atoms with E-state index in [1.54, 1.807) is 0 Å². The fourth-order valence-electron chi connectivity index (χ4n) is 3.92. The first-order valence-electron chi connectivity index (χ1n) is 9.52. The molecule has 0 aromatic heterocycles. The molecular formula is C26H18N2O. The molecule has 4 aromatic carbocycles. The molecule has 138 valence electrons. The van der Waals surface area contributed by atoms with Crippen molar-refractivity contribution in [3.05, 3.63) is 102 Å². The predicted molar refractivity (Wildman–Crippen MR) is 116 cm³/mol. The molecule has 0 atom stereocenters. The fourth-order valence-corrected chi connectivity index (χ4v) is 3.92. The summed E-state index contributed by atoms with van der Waals surface area (Å²) in [6.45, 7) is 2.06. The number of fused-ring (bicyclic) bond motifs is 2. The third kappa shape index (κ3) is 2.83. The van der Waals surface area contributed by atoms with Gasteiger partial charge in [0.15, 0.2) is 11.5 Å². The van der Waals surface area contributed by atoms with Crippen LogP contribution in [0, 0.1) is 18.3 Å². The molecule has 0 saturated carbocycles. The lowest BCUT2D eigenvalue weighted by Crippen LogP contribution is -2.17. The first-order valence-corrected chi connectivity index (χ1v) is 9.52. The first-order chi connectivity index (χ1) is 14.3. The van der Waals surface area contributed by atoms with Crippen LogP contribution in [0.2, 0.25) is 0 Å². The molecule has 5 rings (SSSR count). The lowest BCUT2D eigenvalue weighted by atomic mass is 9.95. The van der Waals surface area contributed by atoms with Gasteiger partial charge in [0.05, 0.1) is 28.7 Å². The smallest absolute Gasteiger partial charge is 0.151 e. The van der Waals surface area contributed by atoms with Crippen molar-refractivity contribution in [2.45, 2.75) is 6.92 Å². The normalized spacial score (nSPS) is 11.8. The van der Waals surface area contributed by atoms with E-state index < -0.39 is 0 Å². The molecule has 0 spiro atoms. The molecule has 1 heterocycles. The van der Waals surface area contributed by atoms with Crippen LogP contribution in [0.3, 0.4) is 0 Å². The predicted octanol–water partition coefficient (Wildman–Crippen LogP) is 7.11. The van der Waals surface area contributed by atoms with Gasteiger partial charge in [0.25, 0.3) is 0 Å². The summed E-state index contributed by atoms with van der Waals surface area (Å²) in [4.78, 5) is 2.24. The van der Waals surface area contributed by atoms with Gasteiger partial charge in [0.1, 0.15) is 0 Å². The lowest BCUT2D eigenvalue weighted by molar-refractivity contribution is 0.477. The largest absolute Gasteiger partial charge is 0.453 e. The van der Waals surface area contributed by atoms with Crippen LogP contribution in [-0.2, 0) is 0 Å². The topological polar surface area (TPSA) is 36.3 Å². The van der Waals surface area contributed by atoms with Gasteiger partial charge >= 0.3 is 0 Å². The number of hydrogen-bond donors (Lipinski definition) is 0. The van der Waals surface area contributed by atoms with E-state index in [0.29, 0.717) is 5.56 Å². The maximum absolute atomic E-state index is 9.57. The van der Waals surface area contributed by atoms with Gasteiger partial charge in [-0.15, -0.1) is 0 Å². The third-order valence-corrected chi connectivity index (χ3v) is 5.17. The van der Waals surface area contributed by atoms with E-state index in [1.807, 2.05) is 66.7 Å². The van der Waals surface area contributed by atoms with Crippen LogP contribution in [0.1, 0.15) is 11.1 Å². The molecule has 3 heteroatoms. The Labute approximate surface area is 170 Å². The van der Waals surface area contributed by atoms with Crippen molar-refractivity contribution in [3.63, 3.8) is 0 Å². The number of nitriles is 1. The van der Waals surface area contributed by atoms with Gasteiger partial charge in [-0.25, -0.2) is 0 Å².